The van der Waals surface area contributed by atoms with Crippen molar-refractivity contribution >= 4 is 22.2 Å². The van der Waals surface area contributed by atoms with Crippen molar-refractivity contribution in [3.05, 3.63) is 28.2 Å². The molecule has 1 aromatic carbocycles. The normalized spacial score (nSPS) is 18.5. The van der Waals surface area contributed by atoms with Crippen LogP contribution in [0.3, 0.4) is 0 Å². The van der Waals surface area contributed by atoms with E-state index >= 15 is 0 Å². The number of carbonyl (C=O) groups is 1. The summed E-state index contributed by atoms with van der Waals surface area (Å²) in [5.74, 6) is 0.864. The average molecular weight is 298 g/mol. The van der Waals surface area contributed by atoms with Gasteiger partial charge in [0, 0.05) is 24.0 Å². The van der Waals surface area contributed by atoms with Gasteiger partial charge in [-0.3, -0.25) is 4.90 Å². The van der Waals surface area contributed by atoms with E-state index in [1.54, 1.807) is 0 Å². The molecule has 2 rings (SSSR count). The number of likely N-dealkylation sites (tertiary alicyclic amines) is 1. The molecular weight excluding hydrogens is 282 g/mol. The molecule has 92 valence electrons. The summed E-state index contributed by atoms with van der Waals surface area (Å²) in [6.07, 6.45) is 1.40. The van der Waals surface area contributed by atoms with E-state index < -0.39 is 0 Å². The maximum absolute atomic E-state index is 10.7. The lowest BCUT2D eigenvalue weighted by atomic mass is 9.91. The van der Waals surface area contributed by atoms with Crippen LogP contribution in [0.4, 0.5) is 0 Å². The number of rotatable bonds is 4. The van der Waals surface area contributed by atoms with Crippen molar-refractivity contribution in [1.82, 2.24) is 4.90 Å². The first-order valence-corrected chi connectivity index (χ1v) is 6.41. The Morgan fingerprint density at radius 3 is 2.76 bits per heavy atom. The zero-order chi connectivity index (χ0) is 12.5. The second-order valence-electron chi connectivity index (χ2n) is 4.74. The highest BCUT2D eigenvalue weighted by atomic mass is 79.9. The third kappa shape index (κ3) is 2.69. The van der Waals surface area contributed by atoms with Crippen molar-refractivity contribution in [2.24, 2.45) is 0 Å². The van der Waals surface area contributed by atoms with Crippen LogP contribution in [0.25, 0.3) is 0 Å². The van der Waals surface area contributed by atoms with Crippen LogP contribution in [0, 0.1) is 6.92 Å². The number of likely N-dealkylation sites (N-methyl/N-ethyl adjacent to an activating group) is 1. The van der Waals surface area contributed by atoms with E-state index in [1.807, 2.05) is 32.2 Å². The predicted molar refractivity (Wildman–Crippen MR) is 70.4 cm³/mol. The first-order chi connectivity index (χ1) is 8.04. The van der Waals surface area contributed by atoms with Crippen molar-refractivity contribution in [1.29, 1.82) is 0 Å². The van der Waals surface area contributed by atoms with Crippen LogP contribution in [0.2, 0.25) is 0 Å². The number of aryl methyl sites for hydroxylation is 1. The first kappa shape index (κ1) is 12.6. The molecule has 1 saturated heterocycles. The highest BCUT2D eigenvalue weighted by Crippen LogP contribution is 2.32. The van der Waals surface area contributed by atoms with Crippen LogP contribution in [0.15, 0.2) is 22.7 Å². The highest BCUT2D eigenvalue weighted by molar-refractivity contribution is 9.10. The standard InChI is InChI=1S/C13H16BrNO2/c1-10-7-11(14)3-4-12(10)17-13(5-6-16)8-15(2)9-13/h3-4,6-7H,5,8-9H2,1-2H3. The number of halogens is 1. The number of ether oxygens (including phenoxy) is 1. The zero-order valence-electron chi connectivity index (χ0n) is 10.1. The molecule has 1 aromatic rings. The van der Waals surface area contributed by atoms with E-state index in [0.717, 1.165) is 35.2 Å². The molecule has 1 heterocycles. The van der Waals surface area contributed by atoms with Gasteiger partial charge >= 0.3 is 0 Å². The lowest BCUT2D eigenvalue weighted by molar-refractivity contribution is -0.119. The van der Waals surface area contributed by atoms with Gasteiger partial charge in [0.15, 0.2) is 0 Å². The third-order valence-electron chi connectivity index (χ3n) is 3.03. The second kappa shape index (κ2) is 4.78. The summed E-state index contributed by atoms with van der Waals surface area (Å²) >= 11 is 3.43. The largest absolute Gasteiger partial charge is 0.484 e. The quantitative estimate of drug-likeness (QED) is 0.800. The van der Waals surface area contributed by atoms with Gasteiger partial charge in [0.2, 0.25) is 0 Å². The Morgan fingerprint density at radius 1 is 1.53 bits per heavy atom. The van der Waals surface area contributed by atoms with Crippen LogP contribution < -0.4 is 4.74 Å². The molecule has 0 N–H and O–H groups in total. The third-order valence-corrected chi connectivity index (χ3v) is 3.53. The van der Waals surface area contributed by atoms with Gasteiger partial charge in [0.05, 0.1) is 0 Å². The molecule has 1 aliphatic rings. The number of hydrogen-bond acceptors (Lipinski definition) is 3. The molecule has 0 saturated carbocycles. The Kier molecular flexibility index (Phi) is 3.54. The van der Waals surface area contributed by atoms with Crippen LogP contribution >= 0.6 is 15.9 Å². The Hall–Kier alpha value is -0.870. The SMILES string of the molecule is Cc1cc(Br)ccc1OC1(CC=O)CN(C)C1. The number of carbonyl (C=O) groups excluding carboxylic acids is 1. The topological polar surface area (TPSA) is 29.5 Å². The molecule has 3 nitrogen and oxygen atoms in total. The summed E-state index contributed by atoms with van der Waals surface area (Å²) in [7, 11) is 2.03. The smallest absolute Gasteiger partial charge is 0.141 e. The maximum atomic E-state index is 10.7. The summed E-state index contributed by atoms with van der Waals surface area (Å²) in [4.78, 5) is 12.9. The van der Waals surface area contributed by atoms with Crippen LogP contribution in [0.5, 0.6) is 5.75 Å². The van der Waals surface area contributed by atoms with Crippen molar-refractivity contribution < 1.29 is 9.53 Å². The number of benzene rings is 1. The van der Waals surface area contributed by atoms with E-state index in [9.17, 15) is 4.79 Å². The molecule has 0 spiro atoms. The van der Waals surface area contributed by atoms with E-state index in [-0.39, 0.29) is 5.60 Å². The summed E-state index contributed by atoms with van der Waals surface area (Å²) in [6, 6.07) is 5.93. The fourth-order valence-electron chi connectivity index (χ4n) is 2.29. The fraction of sp³-hybridized carbons (Fsp3) is 0.462. The van der Waals surface area contributed by atoms with Crippen LogP contribution in [0.1, 0.15) is 12.0 Å². The average Bonchev–Trinajstić information content (AvgIpc) is 2.20. The molecule has 0 radical (unpaired) electrons. The summed E-state index contributed by atoms with van der Waals surface area (Å²) in [6.45, 7) is 3.62. The van der Waals surface area contributed by atoms with Gasteiger partial charge in [-0.2, -0.15) is 0 Å². The molecule has 0 bridgehead atoms. The van der Waals surface area contributed by atoms with E-state index in [1.165, 1.54) is 0 Å². The molecule has 0 aromatic heterocycles. The number of hydrogen-bond donors (Lipinski definition) is 0. The second-order valence-corrected chi connectivity index (χ2v) is 5.65. The Morgan fingerprint density at radius 2 is 2.24 bits per heavy atom. The Labute approximate surface area is 110 Å². The molecule has 1 aliphatic heterocycles. The van der Waals surface area contributed by atoms with Crippen LogP contribution in [-0.2, 0) is 4.79 Å². The van der Waals surface area contributed by atoms with Gasteiger partial charge in [0.25, 0.3) is 0 Å². The maximum Gasteiger partial charge on any atom is 0.141 e. The van der Waals surface area contributed by atoms with Crippen molar-refractivity contribution in [2.45, 2.75) is 18.9 Å². The Balaban J connectivity index is 2.15. The molecule has 17 heavy (non-hydrogen) atoms. The van der Waals surface area contributed by atoms with E-state index in [2.05, 4.69) is 20.8 Å². The first-order valence-electron chi connectivity index (χ1n) is 5.62. The lowest BCUT2D eigenvalue weighted by Gasteiger charge is -2.47. The van der Waals surface area contributed by atoms with Gasteiger partial charge in [-0.15, -0.1) is 0 Å². The van der Waals surface area contributed by atoms with E-state index in [0.29, 0.717) is 6.42 Å². The minimum Gasteiger partial charge on any atom is -0.484 e. The molecule has 1 fully saturated rings. The van der Waals surface area contributed by atoms with Gasteiger partial charge in [0.1, 0.15) is 17.6 Å². The summed E-state index contributed by atoms with van der Waals surface area (Å²) in [5, 5.41) is 0. The molecule has 0 amide bonds. The van der Waals surface area contributed by atoms with Gasteiger partial charge in [-0.1, -0.05) is 15.9 Å². The summed E-state index contributed by atoms with van der Waals surface area (Å²) < 4.78 is 7.08. The fourth-order valence-corrected chi connectivity index (χ4v) is 2.76. The van der Waals surface area contributed by atoms with Gasteiger partial charge < -0.3 is 9.53 Å². The van der Waals surface area contributed by atoms with Crippen molar-refractivity contribution in [3.8, 4) is 5.75 Å². The summed E-state index contributed by atoms with van der Waals surface area (Å²) in [5.41, 5.74) is 0.758. The molecule has 4 heteroatoms. The van der Waals surface area contributed by atoms with Gasteiger partial charge in [-0.05, 0) is 37.7 Å². The lowest BCUT2D eigenvalue weighted by Crippen LogP contribution is -2.63. The number of nitrogens with zero attached hydrogens (tertiary/aromatic N) is 1. The molecular formula is C13H16BrNO2. The van der Waals surface area contributed by atoms with Crippen molar-refractivity contribution in [3.63, 3.8) is 0 Å². The monoisotopic (exact) mass is 297 g/mol. The number of aldehydes is 1. The zero-order valence-corrected chi connectivity index (χ0v) is 11.7. The van der Waals surface area contributed by atoms with E-state index in [4.69, 9.17) is 4.74 Å². The molecule has 0 unspecified atom stereocenters. The highest BCUT2D eigenvalue weighted by Gasteiger charge is 2.43. The predicted octanol–water partition coefficient (Wildman–Crippen LogP) is 2.41. The molecule has 0 aliphatic carbocycles. The van der Waals surface area contributed by atoms with Crippen LogP contribution in [-0.4, -0.2) is 36.9 Å². The minimum atomic E-state index is -0.324. The Bertz CT molecular complexity index is 427. The van der Waals surface area contributed by atoms with Gasteiger partial charge in [-0.25, -0.2) is 0 Å². The minimum absolute atomic E-state index is 0.324. The van der Waals surface area contributed by atoms with Crippen molar-refractivity contribution in [2.75, 3.05) is 20.1 Å². The molecule has 0 atom stereocenters.